The largest absolute Gasteiger partial charge is 0.360 e. The molecular weight excluding hydrogens is 305 g/mol. The van der Waals surface area contributed by atoms with Gasteiger partial charge < -0.3 is 4.98 Å². The fourth-order valence-corrected chi connectivity index (χ4v) is 4.14. The second-order valence-electron chi connectivity index (χ2n) is 6.66. The maximum atomic E-state index is 13.0. The molecule has 1 aliphatic carbocycles. The summed E-state index contributed by atoms with van der Waals surface area (Å²) in [6.45, 7) is 4.39. The fourth-order valence-electron chi connectivity index (χ4n) is 3.55. The highest BCUT2D eigenvalue weighted by atomic mass is 35.5. The van der Waals surface area contributed by atoms with Gasteiger partial charge in [0.2, 0.25) is 0 Å². The summed E-state index contributed by atoms with van der Waals surface area (Å²) in [7, 11) is 0. The number of rotatable bonds is 2. The molecule has 2 aromatic rings. The highest BCUT2D eigenvalue weighted by Crippen LogP contribution is 2.43. The quantitative estimate of drug-likeness (QED) is 0.688. The Balaban J connectivity index is 2.06. The van der Waals surface area contributed by atoms with Crippen LogP contribution in [0.3, 0.4) is 0 Å². The van der Waals surface area contributed by atoms with Crippen LogP contribution >= 0.6 is 23.2 Å². The molecule has 1 heterocycles. The molecule has 0 amide bonds. The van der Waals surface area contributed by atoms with E-state index in [-0.39, 0.29) is 17.1 Å². The second-order valence-corrected chi connectivity index (χ2v) is 7.51. The van der Waals surface area contributed by atoms with Crippen molar-refractivity contribution >= 4 is 39.9 Å². The van der Waals surface area contributed by atoms with Gasteiger partial charge in [0.1, 0.15) is 0 Å². The number of ketones is 1. The zero-order chi connectivity index (χ0) is 15.2. The van der Waals surface area contributed by atoms with Crippen LogP contribution in [-0.2, 0) is 0 Å². The first kappa shape index (κ1) is 14.9. The van der Waals surface area contributed by atoms with Crippen LogP contribution in [0.2, 0.25) is 10.0 Å². The molecule has 4 heteroatoms. The molecule has 3 rings (SSSR count). The van der Waals surface area contributed by atoms with Crippen LogP contribution in [0.25, 0.3) is 10.9 Å². The van der Waals surface area contributed by atoms with Gasteiger partial charge in [0.15, 0.2) is 5.78 Å². The van der Waals surface area contributed by atoms with Crippen molar-refractivity contribution in [2.45, 2.75) is 39.5 Å². The number of Topliss-reactive ketones (excluding diaryl/α,β-unsaturated/α-hetero) is 1. The molecule has 1 atom stereocenters. The van der Waals surface area contributed by atoms with E-state index in [0.717, 1.165) is 30.2 Å². The van der Waals surface area contributed by atoms with E-state index in [0.29, 0.717) is 15.6 Å². The Labute approximate surface area is 134 Å². The minimum absolute atomic E-state index is 0.0534. The third-order valence-corrected chi connectivity index (χ3v) is 5.30. The first-order valence-corrected chi connectivity index (χ1v) is 8.16. The smallest absolute Gasteiger partial charge is 0.168 e. The van der Waals surface area contributed by atoms with Crippen molar-refractivity contribution in [3.8, 4) is 0 Å². The van der Waals surface area contributed by atoms with Crippen molar-refractivity contribution in [2.24, 2.45) is 11.3 Å². The SMILES string of the molecule is CC1(C)CCCCC1C(=O)c1c[nH]c2cc(Cl)cc(Cl)c12. The van der Waals surface area contributed by atoms with E-state index >= 15 is 0 Å². The van der Waals surface area contributed by atoms with Crippen LogP contribution in [0.1, 0.15) is 49.9 Å². The maximum absolute atomic E-state index is 13.0. The molecule has 1 N–H and O–H groups in total. The Bertz CT molecular complexity index is 702. The number of carbonyl (C=O) groups excluding carboxylic acids is 1. The number of H-pyrrole nitrogens is 1. The number of benzene rings is 1. The van der Waals surface area contributed by atoms with E-state index in [4.69, 9.17) is 23.2 Å². The van der Waals surface area contributed by atoms with Gasteiger partial charge in [0.05, 0.1) is 5.02 Å². The molecular formula is C17H19Cl2NO. The third kappa shape index (κ3) is 2.60. The molecule has 1 saturated carbocycles. The molecule has 112 valence electrons. The zero-order valence-electron chi connectivity index (χ0n) is 12.3. The molecule has 1 aliphatic rings. The monoisotopic (exact) mass is 323 g/mol. The standard InChI is InChI=1S/C17H19Cl2NO/c1-17(2)6-4-3-5-12(17)16(21)11-9-20-14-8-10(18)7-13(19)15(11)14/h7-9,12,20H,3-6H2,1-2H3. The van der Waals surface area contributed by atoms with Gasteiger partial charge in [-0.05, 0) is 30.4 Å². The zero-order valence-corrected chi connectivity index (χ0v) is 13.8. The van der Waals surface area contributed by atoms with Gasteiger partial charge in [-0.15, -0.1) is 0 Å². The van der Waals surface area contributed by atoms with Gasteiger partial charge in [-0.1, -0.05) is 49.9 Å². The summed E-state index contributed by atoms with van der Waals surface area (Å²) >= 11 is 12.3. The summed E-state index contributed by atoms with van der Waals surface area (Å²) in [6, 6.07) is 3.51. The number of halogens is 2. The Kier molecular flexibility index (Phi) is 3.79. The van der Waals surface area contributed by atoms with E-state index in [1.54, 1.807) is 12.3 Å². The molecule has 1 aromatic carbocycles. The number of aromatic nitrogens is 1. The lowest BCUT2D eigenvalue weighted by molar-refractivity contribution is 0.0699. The Morgan fingerprint density at radius 1 is 1.29 bits per heavy atom. The predicted octanol–water partition coefficient (Wildman–Crippen LogP) is 5.87. The summed E-state index contributed by atoms with van der Waals surface area (Å²) in [5.41, 5.74) is 1.58. The van der Waals surface area contributed by atoms with Gasteiger partial charge in [0, 0.05) is 33.6 Å². The van der Waals surface area contributed by atoms with Crippen molar-refractivity contribution in [3.63, 3.8) is 0 Å². The number of aromatic amines is 1. The van der Waals surface area contributed by atoms with Crippen LogP contribution < -0.4 is 0 Å². The molecule has 21 heavy (non-hydrogen) atoms. The van der Waals surface area contributed by atoms with Crippen LogP contribution in [0, 0.1) is 11.3 Å². The maximum Gasteiger partial charge on any atom is 0.168 e. The Hall–Kier alpha value is -0.990. The van der Waals surface area contributed by atoms with Crippen molar-refractivity contribution < 1.29 is 4.79 Å². The third-order valence-electron chi connectivity index (χ3n) is 4.79. The van der Waals surface area contributed by atoms with Crippen LogP contribution in [-0.4, -0.2) is 10.8 Å². The van der Waals surface area contributed by atoms with Gasteiger partial charge >= 0.3 is 0 Å². The molecule has 0 aliphatic heterocycles. The van der Waals surface area contributed by atoms with E-state index in [1.807, 2.05) is 6.07 Å². The van der Waals surface area contributed by atoms with E-state index in [2.05, 4.69) is 18.8 Å². The van der Waals surface area contributed by atoms with Crippen molar-refractivity contribution in [2.75, 3.05) is 0 Å². The first-order valence-electron chi connectivity index (χ1n) is 7.40. The van der Waals surface area contributed by atoms with Crippen molar-refractivity contribution in [3.05, 3.63) is 33.9 Å². The second kappa shape index (κ2) is 5.33. The van der Waals surface area contributed by atoms with E-state index in [9.17, 15) is 4.79 Å². The first-order chi connectivity index (χ1) is 9.90. The number of fused-ring (bicyclic) bond motifs is 1. The minimum atomic E-state index is 0.0534. The summed E-state index contributed by atoms with van der Waals surface area (Å²) in [5, 5.41) is 1.91. The van der Waals surface area contributed by atoms with E-state index < -0.39 is 0 Å². The molecule has 1 unspecified atom stereocenters. The lowest BCUT2D eigenvalue weighted by Gasteiger charge is -2.37. The van der Waals surface area contributed by atoms with Crippen LogP contribution in [0.15, 0.2) is 18.3 Å². The minimum Gasteiger partial charge on any atom is -0.360 e. The normalized spacial score (nSPS) is 21.6. The highest BCUT2D eigenvalue weighted by Gasteiger charge is 2.38. The van der Waals surface area contributed by atoms with Crippen LogP contribution in [0.5, 0.6) is 0 Å². The van der Waals surface area contributed by atoms with Gasteiger partial charge in [-0.25, -0.2) is 0 Å². The van der Waals surface area contributed by atoms with Crippen molar-refractivity contribution in [1.29, 1.82) is 0 Å². The topological polar surface area (TPSA) is 32.9 Å². The fraction of sp³-hybridized carbons (Fsp3) is 0.471. The molecule has 0 bridgehead atoms. The molecule has 1 fully saturated rings. The molecule has 0 saturated heterocycles. The Morgan fingerprint density at radius 2 is 2.05 bits per heavy atom. The average molecular weight is 324 g/mol. The number of hydrogen-bond donors (Lipinski definition) is 1. The summed E-state index contributed by atoms with van der Waals surface area (Å²) in [6.07, 6.45) is 6.18. The van der Waals surface area contributed by atoms with Gasteiger partial charge in [-0.2, -0.15) is 0 Å². The Morgan fingerprint density at radius 3 is 2.76 bits per heavy atom. The van der Waals surface area contributed by atoms with Gasteiger partial charge in [0.25, 0.3) is 0 Å². The molecule has 2 nitrogen and oxygen atoms in total. The lowest BCUT2D eigenvalue weighted by atomic mass is 9.66. The summed E-state index contributed by atoms with van der Waals surface area (Å²) in [5.74, 6) is 0.271. The molecule has 1 aromatic heterocycles. The highest BCUT2D eigenvalue weighted by molar-refractivity contribution is 6.39. The number of nitrogens with one attached hydrogen (secondary N) is 1. The van der Waals surface area contributed by atoms with E-state index in [1.165, 1.54) is 6.42 Å². The summed E-state index contributed by atoms with van der Waals surface area (Å²) < 4.78 is 0. The van der Waals surface area contributed by atoms with Gasteiger partial charge in [-0.3, -0.25) is 4.79 Å². The number of carbonyl (C=O) groups is 1. The lowest BCUT2D eigenvalue weighted by Crippen LogP contribution is -2.34. The van der Waals surface area contributed by atoms with Crippen molar-refractivity contribution in [1.82, 2.24) is 4.98 Å². The molecule has 0 radical (unpaired) electrons. The summed E-state index contributed by atoms with van der Waals surface area (Å²) in [4.78, 5) is 16.1. The number of hydrogen-bond acceptors (Lipinski definition) is 1. The predicted molar refractivity (Wildman–Crippen MR) is 88.4 cm³/mol. The average Bonchev–Trinajstić information content (AvgIpc) is 2.81. The van der Waals surface area contributed by atoms with Crippen LogP contribution in [0.4, 0.5) is 0 Å². The molecule has 0 spiro atoms.